The average Bonchev–Trinajstić information content (AvgIpc) is 3.17. The van der Waals surface area contributed by atoms with Gasteiger partial charge in [-0.05, 0) is 30.3 Å². The molecule has 3 heterocycles. The Kier molecular flexibility index (Phi) is 4.34. The van der Waals surface area contributed by atoms with Crippen LogP contribution in [0.2, 0.25) is 0 Å². The molecule has 2 aromatic carbocycles. The summed E-state index contributed by atoms with van der Waals surface area (Å²) < 4.78 is 8.31. The van der Waals surface area contributed by atoms with Gasteiger partial charge >= 0.3 is 0 Å². The summed E-state index contributed by atoms with van der Waals surface area (Å²) in [7, 11) is 1.64. The number of aromatic nitrogens is 2. The van der Waals surface area contributed by atoms with Crippen LogP contribution < -0.4 is 15.5 Å². The minimum absolute atomic E-state index is 0.153. The van der Waals surface area contributed by atoms with Crippen LogP contribution in [-0.4, -0.2) is 16.5 Å². The zero-order valence-electron chi connectivity index (χ0n) is 16.0. The summed E-state index contributed by atoms with van der Waals surface area (Å²) in [4.78, 5) is 18.3. The Labute approximate surface area is 175 Å². The Bertz CT molecular complexity index is 1530. The van der Waals surface area contributed by atoms with Crippen molar-refractivity contribution in [3.05, 3.63) is 82.0 Å². The number of thiazole rings is 1. The van der Waals surface area contributed by atoms with Crippen molar-refractivity contribution in [1.29, 1.82) is 5.26 Å². The van der Waals surface area contributed by atoms with Crippen molar-refractivity contribution in [2.24, 2.45) is 0 Å². The molecule has 0 aliphatic heterocycles. The summed E-state index contributed by atoms with van der Waals surface area (Å²) in [5.41, 5.74) is 2.33. The Balaban J connectivity index is 1.69. The number of nitriles is 1. The molecule has 0 saturated heterocycles. The number of pyridine rings is 2. The average molecular weight is 412 g/mol. The summed E-state index contributed by atoms with van der Waals surface area (Å²) in [6.45, 7) is 0.529. The first-order valence-corrected chi connectivity index (χ1v) is 10.2. The third kappa shape index (κ3) is 2.78. The van der Waals surface area contributed by atoms with Gasteiger partial charge in [-0.1, -0.05) is 30.3 Å². The Hall–Kier alpha value is -3.89. The van der Waals surface area contributed by atoms with E-state index in [9.17, 15) is 10.1 Å². The van der Waals surface area contributed by atoms with Gasteiger partial charge in [-0.25, -0.2) is 4.98 Å². The van der Waals surface area contributed by atoms with Crippen LogP contribution in [0, 0.1) is 11.3 Å². The van der Waals surface area contributed by atoms with Crippen LogP contribution in [0.5, 0.6) is 5.75 Å². The van der Waals surface area contributed by atoms with Gasteiger partial charge in [-0.15, -0.1) is 11.3 Å². The molecule has 1 N–H and O–H groups in total. The lowest BCUT2D eigenvalue weighted by molar-refractivity contribution is 0.410. The lowest BCUT2D eigenvalue weighted by atomic mass is 10.2. The van der Waals surface area contributed by atoms with Crippen LogP contribution >= 0.6 is 11.3 Å². The van der Waals surface area contributed by atoms with E-state index >= 15 is 0 Å². The fraction of sp³-hybridized carbons (Fsp3) is 0.0870. The maximum atomic E-state index is 12.9. The van der Waals surface area contributed by atoms with Crippen LogP contribution in [-0.2, 0) is 6.54 Å². The summed E-state index contributed by atoms with van der Waals surface area (Å²) >= 11 is 1.43. The second-order valence-corrected chi connectivity index (χ2v) is 7.79. The quantitative estimate of drug-likeness (QED) is 0.468. The van der Waals surface area contributed by atoms with E-state index < -0.39 is 0 Å². The molecule has 0 spiro atoms. The van der Waals surface area contributed by atoms with Crippen molar-refractivity contribution >= 4 is 43.2 Å². The van der Waals surface area contributed by atoms with Gasteiger partial charge in [0.2, 0.25) is 5.43 Å². The van der Waals surface area contributed by atoms with E-state index in [2.05, 4.69) is 11.4 Å². The zero-order chi connectivity index (χ0) is 20.7. The number of nitrogens with one attached hydrogen (secondary N) is 1. The topological polar surface area (TPSA) is 79.4 Å². The fourth-order valence-electron chi connectivity index (χ4n) is 3.62. The Morgan fingerprint density at radius 1 is 1.13 bits per heavy atom. The van der Waals surface area contributed by atoms with Crippen molar-refractivity contribution < 1.29 is 4.74 Å². The highest BCUT2D eigenvalue weighted by molar-refractivity contribution is 7.24. The van der Waals surface area contributed by atoms with Gasteiger partial charge in [0.05, 0.1) is 22.7 Å². The van der Waals surface area contributed by atoms with E-state index in [4.69, 9.17) is 9.72 Å². The van der Waals surface area contributed by atoms with Crippen LogP contribution in [0.4, 0.5) is 5.82 Å². The molecule has 0 radical (unpaired) electrons. The molecule has 0 bridgehead atoms. The fourth-order valence-corrected chi connectivity index (χ4v) is 4.76. The molecule has 0 aliphatic rings. The molecule has 0 aliphatic carbocycles. The lowest BCUT2D eigenvalue weighted by Gasteiger charge is -2.11. The predicted molar refractivity (Wildman–Crippen MR) is 119 cm³/mol. The maximum Gasteiger partial charge on any atom is 0.210 e. The Morgan fingerprint density at radius 2 is 1.93 bits per heavy atom. The molecule has 0 amide bonds. The molecule has 0 atom stereocenters. The largest absolute Gasteiger partial charge is 0.496 e. The van der Waals surface area contributed by atoms with Crippen LogP contribution in [0.15, 0.2) is 65.5 Å². The van der Waals surface area contributed by atoms with Gasteiger partial charge in [0.25, 0.3) is 0 Å². The molecule has 0 unspecified atom stereocenters. The van der Waals surface area contributed by atoms with Gasteiger partial charge in [-0.3, -0.25) is 9.20 Å². The third-order valence-electron chi connectivity index (χ3n) is 5.05. The Morgan fingerprint density at radius 3 is 2.77 bits per heavy atom. The standard InChI is InChI=1S/C23H16N4O2S/c1-29-18-8-4-2-6-14(18)13-25-20-11-10-15-21(28)16(12-24)23-27(22(15)26-20)17-7-3-5-9-19(17)30-23/h2-11H,13H2,1H3,(H,25,26). The van der Waals surface area contributed by atoms with Crippen LogP contribution in [0.3, 0.4) is 0 Å². The second-order valence-electron chi connectivity index (χ2n) is 6.76. The summed E-state index contributed by atoms with van der Waals surface area (Å²) in [5, 5.41) is 13.4. The molecule has 0 saturated carbocycles. The van der Waals surface area contributed by atoms with Gasteiger partial charge in [0, 0.05) is 12.1 Å². The van der Waals surface area contributed by atoms with Crippen molar-refractivity contribution in [2.75, 3.05) is 12.4 Å². The van der Waals surface area contributed by atoms with E-state index in [-0.39, 0.29) is 11.0 Å². The van der Waals surface area contributed by atoms with Crippen molar-refractivity contribution in [3.63, 3.8) is 0 Å². The highest BCUT2D eigenvalue weighted by atomic mass is 32.1. The zero-order valence-corrected chi connectivity index (χ0v) is 16.9. The second kappa shape index (κ2) is 7.17. The van der Waals surface area contributed by atoms with Crippen molar-refractivity contribution in [1.82, 2.24) is 9.38 Å². The van der Waals surface area contributed by atoms with Gasteiger partial charge in [0.1, 0.15) is 28.0 Å². The van der Waals surface area contributed by atoms with E-state index in [0.717, 1.165) is 21.5 Å². The highest BCUT2D eigenvalue weighted by Gasteiger charge is 2.17. The number of rotatable bonds is 4. The predicted octanol–water partition coefficient (Wildman–Crippen LogP) is 4.55. The summed E-state index contributed by atoms with van der Waals surface area (Å²) in [6, 6.07) is 21.2. The smallest absolute Gasteiger partial charge is 0.210 e. The number of ether oxygens (including phenoxy) is 1. The van der Waals surface area contributed by atoms with E-state index in [0.29, 0.717) is 28.2 Å². The molecule has 146 valence electrons. The molecule has 5 rings (SSSR count). The lowest BCUT2D eigenvalue weighted by Crippen LogP contribution is -2.12. The number of methoxy groups -OCH3 is 1. The minimum Gasteiger partial charge on any atom is -0.496 e. The molecule has 0 fully saturated rings. The summed E-state index contributed by atoms with van der Waals surface area (Å²) in [5.74, 6) is 1.44. The van der Waals surface area contributed by atoms with Gasteiger partial charge in [0.15, 0.2) is 5.65 Å². The van der Waals surface area contributed by atoms with E-state index in [1.54, 1.807) is 19.2 Å². The van der Waals surface area contributed by atoms with Gasteiger partial charge in [-0.2, -0.15) is 5.26 Å². The maximum absolute atomic E-state index is 12.9. The molecule has 6 nitrogen and oxygen atoms in total. The third-order valence-corrected chi connectivity index (χ3v) is 6.20. The van der Waals surface area contributed by atoms with E-state index in [1.165, 1.54) is 11.3 Å². The molecular formula is C23H16N4O2S. The van der Waals surface area contributed by atoms with E-state index in [1.807, 2.05) is 52.9 Å². The first-order valence-electron chi connectivity index (χ1n) is 9.34. The molecule has 7 heteroatoms. The number of anilines is 1. The molecule has 30 heavy (non-hydrogen) atoms. The summed E-state index contributed by atoms with van der Waals surface area (Å²) in [6.07, 6.45) is 0. The number of fused-ring (bicyclic) bond motifs is 5. The van der Waals surface area contributed by atoms with Crippen LogP contribution in [0.1, 0.15) is 11.1 Å². The number of hydrogen-bond donors (Lipinski definition) is 1. The minimum atomic E-state index is -0.289. The normalized spacial score (nSPS) is 11.1. The number of benzene rings is 2. The monoisotopic (exact) mass is 412 g/mol. The molecule has 5 aromatic rings. The van der Waals surface area contributed by atoms with Gasteiger partial charge < -0.3 is 10.1 Å². The molecular weight excluding hydrogens is 396 g/mol. The van der Waals surface area contributed by atoms with Crippen molar-refractivity contribution in [3.8, 4) is 11.8 Å². The molecule has 3 aromatic heterocycles. The number of nitrogens with zero attached hydrogens (tertiary/aromatic N) is 3. The first kappa shape index (κ1) is 18.2. The first-order chi connectivity index (χ1) is 14.7. The highest BCUT2D eigenvalue weighted by Crippen LogP contribution is 2.30. The van der Waals surface area contributed by atoms with Crippen LogP contribution in [0.25, 0.3) is 26.1 Å². The van der Waals surface area contributed by atoms with Crippen molar-refractivity contribution in [2.45, 2.75) is 6.54 Å². The SMILES string of the molecule is COc1ccccc1CNc1ccc2c(=O)c(C#N)c3sc4ccccc4n3c2n1. The number of hydrogen-bond acceptors (Lipinski definition) is 6. The number of para-hydroxylation sites is 2.